The molecule has 0 saturated carbocycles. The molecule has 0 spiro atoms. The molecule has 0 amide bonds. The van der Waals surface area contributed by atoms with Gasteiger partial charge in [-0.3, -0.25) is 0 Å². The minimum Gasteiger partial charge on any atom is -0.393 e. The van der Waals surface area contributed by atoms with Crippen molar-refractivity contribution < 1.29 is 0 Å². The number of hydrogen-bond acceptors (Lipinski definition) is 3. The van der Waals surface area contributed by atoms with Gasteiger partial charge in [0.05, 0.1) is 9.88 Å². The summed E-state index contributed by atoms with van der Waals surface area (Å²) in [6.07, 6.45) is 9.89. The van der Waals surface area contributed by atoms with E-state index in [1.54, 1.807) is 11.3 Å². The minimum absolute atomic E-state index is 0.589. The first kappa shape index (κ1) is 14.4. The molecule has 3 rings (SSSR count). The Morgan fingerprint density at radius 2 is 2.05 bits per heavy atom. The lowest BCUT2D eigenvalue weighted by Gasteiger charge is -2.00. The van der Waals surface area contributed by atoms with Crippen LogP contribution in [0, 0.1) is 12.3 Å². The SMILES string of the molecule is C#CC/C=c1/nc(-c2ccc3ccccc3c2)s/c1=C/NC. The van der Waals surface area contributed by atoms with Gasteiger partial charge in [0, 0.05) is 25.2 Å². The van der Waals surface area contributed by atoms with E-state index in [0.29, 0.717) is 6.42 Å². The molecular formula is C19H16N2S. The summed E-state index contributed by atoms with van der Waals surface area (Å²) in [5.41, 5.74) is 1.13. The molecule has 0 atom stereocenters. The van der Waals surface area contributed by atoms with Crippen LogP contribution in [0.4, 0.5) is 0 Å². The fourth-order valence-corrected chi connectivity index (χ4v) is 3.33. The largest absolute Gasteiger partial charge is 0.393 e. The summed E-state index contributed by atoms with van der Waals surface area (Å²) in [4.78, 5) is 4.74. The first-order valence-electron chi connectivity index (χ1n) is 7.09. The number of hydrogen-bond donors (Lipinski definition) is 1. The van der Waals surface area contributed by atoms with E-state index in [-0.39, 0.29) is 0 Å². The van der Waals surface area contributed by atoms with Crippen molar-refractivity contribution in [1.82, 2.24) is 10.3 Å². The summed E-state index contributed by atoms with van der Waals surface area (Å²) in [5.74, 6) is 2.63. The van der Waals surface area contributed by atoms with Crippen molar-refractivity contribution in [2.75, 3.05) is 7.05 Å². The molecular weight excluding hydrogens is 288 g/mol. The van der Waals surface area contributed by atoms with Crippen molar-refractivity contribution in [3.05, 3.63) is 52.3 Å². The predicted octanol–water partition coefficient (Wildman–Crippen LogP) is 2.72. The molecule has 0 aliphatic rings. The maximum Gasteiger partial charge on any atom is 0.124 e. The second-order valence-corrected chi connectivity index (χ2v) is 5.91. The molecule has 1 aromatic heterocycles. The number of terminal acetylenes is 1. The molecule has 2 nitrogen and oxygen atoms in total. The van der Waals surface area contributed by atoms with Gasteiger partial charge in [-0.2, -0.15) is 0 Å². The van der Waals surface area contributed by atoms with Crippen LogP contribution in [0.15, 0.2) is 42.5 Å². The van der Waals surface area contributed by atoms with Gasteiger partial charge in [-0.25, -0.2) is 4.98 Å². The van der Waals surface area contributed by atoms with E-state index in [0.717, 1.165) is 20.5 Å². The lowest BCUT2D eigenvalue weighted by molar-refractivity contribution is 1.17. The summed E-state index contributed by atoms with van der Waals surface area (Å²) >= 11 is 1.67. The quantitative estimate of drug-likeness (QED) is 0.753. The van der Waals surface area contributed by atoms with Crippen LogP contribution in [0.5, 0.6) is 0 Å². The number of nitrogens with one attached hydrogen (secondary N) is 1. The van der Waals surface area contributed by atoms with Gasteiger partial charge in [-0.15, -0.1) is 23.7 Å². The number of nitrogens with zero attached hydrogens (tertiary/aromatic N) is 1. The molecule has 22 heavy (non-hydrogen) atoms. The van der Waals surface area contributed by atoms with E-state index in [2.05, 4.69) is 53.7 Å². The Hall–Kier alpha value is -2.57. The molecule has 0 radical (unpaired) electrons. The van der Waals surface area contributed by atoms with Gasteiger partial charge < -0.3 is 5.32 Å². The van der Waals surface area contributed by atoms with E-state index in [1.807, 2.05) is 19.3 Å². The Bertz CT molecular complexity index is 961. The molecule has 0 bridgehead atoms. The Kier molecular flexibility index (Phi) is 4.22. The van der Waals surface area contributed by atoms with Crippen LogP contribution in [0.25, 0.3) is 33.6 Å². The van der Waals surface area contributed by atoms with Crippen molar-refractivity contribution in [2.45, 2.75) is 6.42 Å². The summed E-state index contributed by atoms with van der Waals surface area (Å²) in [5, 5.41) is 7.49. The van der Waals surface area contributed by atoms with Crippen LogP contribution in [-0.4, -0.2) is 12.0 Å². The molecule has 3 aromatic rings. The van der Waals surface area contributed by atoms with Gasteiger partial charge in [0.1, 0.15) is 5.01 Å². The normalized spacial score (nSPS) is 12.5. The lowest BCUT2D eigenvalue weighted by atomic mass is 10.1. The van der Waals surface area contributed by atoms with E-state index in [1.165, 1.54) is 10.8 Å². The highest BCUT2D eigenvalue weighted by atomic mass is 32.1. The molecule has 2 aromatic carbocycles. The molecule has 0 fully saturated rings. The summed E-state index contributed by atoms with van der Waals surface area (Å²) in [7, 11) is 1.89. The molecule has 1 N–H and O–H groups in total. The maximum atomic E-state index is 5.35. The van der Waals surface area contributed by atoms with Gasteiger partial charge in [0.25, 0.3) is 0 Å². The predicted molar refractivity (Wildman–Crippen MR) is 95.7 cm³/mol. The Balaban J connectivity index is 2.14. The van der Waals surface area contributed by atoms with Crippen LogP contribution >= 0.6 is 11.3 Å². The van der Waals surface area contributed by atoms with Crippen LogP contribution in [0.3, 0.4) is 0 Å². The summed E-state index contributed by atoms with van der Waals surface area (Å²) in [6, 6.07) is 14.8. The van der Waals surface area contributed by atoms with E-state index >= 15 is 0 Å². The van der Waals surface area contributed by atoms with Crippen LogP contribution in [0.2, 0.25) is 0 Å². The average Bonchev–Trinajstić information content (AvgIpc) is 2.96. The molecule has 1 heterocycles. The molecule has 108 valence electrons. The highest BCUT2D eigenvalue weighted by Crippen LogP contribution is 2.23. The first-order valence-corrected chi connectivity index (χ1v) is 7.90. The fraction of sp³-hybridized carbons (Fsp3) is 0.105. The maximum absolute atomic E-state index is 5.35. The lowest BCUT2D eigenvalue weighted by Crippen LogP contribution is -2.23. The number of rotatable bonds is 3. The molecule has 0 saturated heterocycles. The zero-order valence-corrected chi connectivity index (χ0v) is 13.2. The number of aromatic nitrogens is 1. The van der Waals surface area contributed by atoms with Crippen molar-refractivity contribution in [1.29, 1.82) is 0 Å². The van der Waals surface area contributed by atoms with Crippen LogP contribution in [0.1, 0.15) is 6.42 Å². The third-order valence-electron chi connectivity index (χ3n) is 3.37. The third kappa shape index (κ3) is 2.88. The minimum atomic E-state index is 0.589. The zero-order chi connectivity index (χ0) is 15.4. The first-order chi connectivity index (χ1) is 10.8. The molecule has 0 aliphatic heterocycles. The molecule has 0 aliphatic carbocycles. The van der Waals surface area contributed by atoms with Crippen molar-refractivity contribution >= 4 is 34.4 Å². The Labute approximate surface area is 133 Å². The van der Waals surface area contributed by atoms with Gasteiger partial charge >= 0.3 is 0 Å². The third-order valence-corrected chi connectivity index (χ3v) is 4.43. The Morgan fingerprint density at radius 1 is 1.23 bits per heavy atom. The van der Waals surface area contributed by atoms with Crippen molar-refractivity contribution in [3.63, 3.8) is 0 Å². The second-order valence-electron chi connectivity index (χ2n) is 4.88. The standard InChI is InChI=1S/C19H16N2S/c1-3-4-9-17-18(13-20-2)22-19(21-17)16-11-10-14-7-5-6-8-15(14)12-16/h1,5-13,20H,4H2,2H3/b17-9+,18-13+. The van der Waals surface area contributed by atoms with E-state index in [9.17, 15) is 0 Å². The molecule has 3 heteroatoms. The van der Waals surface area contributed by atoms with Gasteiger partial charge in [-0.05, 0) is 22.9 Å². The van der Waals surface area contributed by atoms with Crippen LogP contribution < -0.4 is 15.2 Å². The monoisotopic (exact) mass is 304 g/mol. The molecule has 0 unspecified atom stereocenters. The smallest absolute Gasteiger partial charge is 0.124 e. The van der Waals surface area contributed by atoms with Crippen molar-refractivity contribution in [3.8, 4) is 22.9 Å². The zero-order valence-electron chi connectivity index (χ0n) is 12.3. The highest BCUT2D eigenvalue weighted by molar-refractivity contribution is 7.13. The summed E-state index contributed by atoms with van der Waals surface area (Å²) < 4.78 is 1.10. The Morgan fingerprint density at radius 3 is 2.82 bits per heavy atom. The van der Waals surface area contributed by atoms with Gasteiger partial charge in [0.2, 0.25) is 0 Å². The van der Waals surface area contributed by atoms with Crippen LogP contribution in [-0.2, 0) is 0 Å². The number of thiazole rings is 1. The highest BCUT2D eigenvalue weighted by Gasteiger charge is 2.04. The van der Waals surface area contributed by atoms with E-state index < -0.39 is 0 Å². The fourth-order valence-electron chi connectivity index (χ4n) is 2.33. The number of benzene rings is 2. The van der Waals surface area contributed by atoms with Gasteiger partial charge in [0.15, 0.2) is 0 Å². The van der Waals surface area contributed by atoms with Gasteiger partial charge in [-0.1, -0.05) is 36.4 Å². The van der Waals surface area contributed by atoms with E-state index in [4.69, 9.17) is 11.4 Å². The van der Waals surface area contributed by atoms with Crippen molar-refractivity contribution in [2.24, 2.45) is 0 Å². The summed E-state index contributed by atoms with van der Waals surface area (Å²) in [6.45, 7) is 0. The second kappa shape index (κ2) is 6.46. The average molecular weight is 304 g/mol. The number of fused-ring (bicyclic) bond motifs is 1. The topological polar surface area (TPSA) is 24.9 Å².